The molecule has 0 amide bonds. The fraction of sp³-hybridized carbons (Fsp3) is 0.300. The van der Waals surface area contributed by atoms with Gasteiger partial charge in [-0.25, -0.2) is 0 Å². The first-order valence-corrected chi connectivity index (χ1v) is 5.05. The van der Waals surface area contributed by atoms with Gasteiger partial charge >= 0.3 is 5.97 Å². The number of aliphatic carboxylic acids is 1. The van der Waals surface area contributed by atoms with E-state index in [0.717, 1.165) is 0 Å². The van der Waals surface area contributed by atoms with Crippen molar-refractivity contribution in [3.63, 3.8) is 0 Å². The standard InChI is InChI=1S/C10H11Cl2NO2/c1-10(13,5-9(14)15)6-2-3-7(11)8(12)4-6/h2-4H,5,13H2,1H3,(H,14,15). The summed E-state index contributed by atoms with van der Waals surface area (Å²) in [4.78, 5) is 10.6. The largest absolute Gasteiger partial charge is 0.481 e. The maximum Gasteiger partial charge on any atom is 0.305 e. The van der Waals surface area contributed by atoms with Crippen molar-refractivity contribution in [1.29, 1.82) is 0 Å². The van der Waals surface area contributed by atoms with E-state index in [1.807, 2.05) is 0 Å². The molecule has 5 heteroatoms. The molecule has 1 rings (SSSR count). The summed E-state index contributed by atoms with van der Waals surface area (Å²) in [7, 11) is 0. The van der Waals surface area contributed by atoms with Crippen LogP contribution in [0.3, 0.4) is 0 Å². The molecule has 0 aliphatic carbocycles. The second-order valence-corrected chi connectivity index (χ2v) is 4.43. The quantitative estimate of drug-likeness (QED) is 0.864. The lowest BCUT2D eigenvalue weighted by Gasteiger charge is -2.23. The molecule has 3 N–H and O–H groups in total. The molecule has 0 aliphatic heterocycles. The van der Waals surface area contributed by atoms with Gasteiger partial charge in [-0.1, -0.05) is 29.3 Å². The van der Waals surface area contributed by atoms with Crippen LogP contribution in [0.4, 0.5) is 0 Å². The van der Waals surface area contributed by atoms with Gasteiger partial charge in [-0.15, -0.1) is 0 Å². The Kier molecular flexibility index (Phi) is 3.60. The second-order valence-electron chi connectivity index (χ2n) is 3.62. The van der Waals surface area contributed by atoms with Crippen LogP contribution >= 0.6 is 23.2 Å². The normalized spacial score (nSPS) is 14.7. The number of nitrogens with two attached hydrogens (primary N) is 1. The molecule has 0 heterocycles. The van der Waals surface area contributed by atoms with Crippen LogP contribution in [0.15, 0.2) is 18.2 Å². The predicted molar refractivity (Wildman–Crippen MR) is 60.3 cm³/mol. The smallest absolute Gasteiger partial charge is 0.305 e. The molecular weight excluding hydrogens is 237 g/mol. The van der Waals surface area contributed by atoms with E-state index in [2.05, 4.69) is 0 Å². The van der Waals surface area contributed by atoms with E-state index in [4.69, 9.17) is 34.0 Å². The lowest BCUT2D eigenvalue weighted by molar-refractivity contribution is -0.138. The topological polar surface area (TPSA) is 63.3 Å². The van der Waals surface area contributed by atoms with Gasteiger partial charge in [0.2, 0.25) is 0 Å². The van der Waals surface area contributed by atoms with Gasteiger partial charge in [-0.2, -0.15) is 0 Å². The second kappa shape index (κ2) is 4.39. The average Bonchev–Trinajstić information content (AvgIpc) is 2.07. The zero-order valence-corrected chi connectivity index (χ0v) is 9.64. The third kappa shape index (κ3) is 3.09. The molecule has 82 valence electrons. The van der Waals surface area contributed by atoms with E-state index in [1.54, 1.807) is 25.1 Å². The van der Waals surface area contributed by atoms with E-state index >= 15 is 0 Å². The van der Waals surface area contributed by atoms with E-state index < -0.39 is 11.5 Å². The Hall–Kier alpha value is -0.770. The molecule has 0 radical (unpaired) electrons. The van der Waals surface area contributed by atoms with Crippen LogP contribution < -0.4 is 5.73 Å². The zero-order chi connectivity index (χ0) is 11.6. The highest BCUT2D eigenvalue weighted by molar-refractivity contribution is 6.42. The number of halogens is 2. The van der Waals surface area contributed by atoms with Crippen molar-refractivity contribution in [3.05, 3.63) is 33.8 Å². The summed E-state index contributed by atoms with van der Waals surface area (Å²) >= 11 is 11.6. The summed E-state index contributed by atoms with van der Waals surface area (Å²) in [6, 6.07) is 4.87. The Balaban J connectivity index is 3.04. The van der Waals surface area contributed by atoms with Gasteiger partial charge in [0.1, 0.15) is 0 Å². The summed E-state index contributed by atoms with van der Waals surface area (Å²) in [6.07, 6.45) is -0.162. The Bertz CT molecular complexity index is 391. The van der Waals surface area contributed by atoms with E-state index in [-0.39, 0.29) is 6.42 Å². The lowest BCUT2D eigenvalue weighted by Crippen LogP contribution is -2.35. The van der Waals surface area contributed by atoms with Crippen LogP contribution in [0.25, 0.3) is 0 Å². The SMILES string of the molecule is CC(N)(CC(=O)O)c1ccc(Cl)c(Cl)c1. The first-order valence-electron chi connectivity index (χ1n) is 4.29. The first-order chi connectivity index (χ1) is 6.83. The van der Waals surface area contributed by atoms with E-state index in [1.165, 1.54) is 0 Å². The molecule has 0 saturated heterocycles. The highest BCUT2D eigenvalue weighted by Crippen LogP contribution is 2.28. The molecule has 15 heavy (non-hydrogen) atoms. The minimum atomic E-state index is -0.953. The molecular formula is C10H11Cl2NO2. The molecule has 0 bridgehead atoms. The molecule has 1 unspecified atom stereocenters. The van der Waals surface area contributed by atoms with Crippen molar-refractivity contribution in [2.75, 3.05) is 0 Å². The average molecular weight is 248 g/mol. The van der Waals surface area contributed by atoms with Gasteiger partial charge in [-0.05, 0) is 24.6 Å². The molecule has 0 aromatic heterocycles. The molecule has 1 aromatic carbocycles. The Morgan fingerprint density at radius 2 is 2.07 bits per heavy atom. The summed E-state index contributed by atoms with van der Waals surface area (Å²) in [5, 5.41) is 9.49. The molecule has 1 aromatic rings. The van der Waals surface area contributed by atoms with Gasteiger partial charge < -0.3 is 10.8 Å². The predicted octanol–water partition coefficient (Wildman–Crippen LogP) is 2.64. The van der Waals surface area contributed by atoms with Crippen LogP contribution in [0.5, 0.6) is 0 Å². The fourth-order valence-corrected chi connectivity index (χ4v) is 1.57. The number of carboxylic acid groups (broad SMARTS) is 1. The van der Waals surface area contributed by atoms with Crippen molar-refractivity contribution in [1.82, 2.24) is 0 Å². The van der Waals surface area contributed by atoms with Crippen LogP contribution in [0.2, 0.25) is 10.0 Å². The van der Waals surface area contributed by atoms with Gasteiger partial charge in [0.05, 0.1) is 16.5 Å². The zero-order valence-electron chi connectivity index (χ0n) is 8.13. The van der Waals surface area contributed by atoms with E-state index in [0.29, 0.717) is 15.6 Å². The maximum absolute atomic E-state index is 10.6. The summed E-state index contributed by atoms with van der Waals surface area (Å²) in [5.74, 6) is -0.953. The summed E-state index contributed by atoms with van der Waals surface area (Å²) in [5.41, 5.74) is 5.58. The fourth-order valence-electron chi connectivity index (χ4n) is 1.27. The van der Waals surface area contributed by atoms with Crippen molar-refractivity contribution in [3.8, 4) is 0 Å². The molecule has 0 fully saturated rings. The minimum Gasteiger partial charge on any atom is -0.481 e. The Labute approximate surface area is 97.8 Å². The highest BCUT2D eigenvalue weighted by Gasteiger charge is 2.25. The number of carbonyl (C=O) groups is 1. The van der Waals surface area contributed by atoms with Crippen molar-refractivity contribution < 1.29 is 9.90 Å². The summed E-state index contributed by atoms with van der Waals surface area (Å²) in [6.45, 7) is 1.64. The monoisotopic (exact) mass is 247 g/mol. The van der Waals surface area contributed by atoms with Crippen LogP contribution in [-0.4, -0.2) is 11.1 Å². The molecule has 0 aliphatic rings. The molecule has 3 nitrogen and oxygen atoms in total. The number of hydrogen-bond donors (Lipinski definition) is 2. The molecule has 1 atom stereocenters. The maximum atomic E-state index is 10.6. The number of benzene rings is 1. The summed E-state index contributed by atoms with van der Waals surface area (Å²) < 4.78 is 0. The molecule has 0 saturated carbocycles. The number of hydrogen-bond acceptors (Lipinski definition) is 2. The third-order valence-corrected chi connectivity index (χ3v) is 2.84. The minimum absolute atomic E-state index is 0.162. The van der Waals surface area contributed by atoms with Gasteiger partial charge in [-0.3, -0.25) is 4.79 Å². The van der Waals surface area contributed by atoms with Crippen LogP contribution in [-0.2, 0) is 10.3 Å². The van der Waals surface area contributed by atoms with E-state index in [9.17, 15) is 4.79 Å². The van der Waals surface area contributed by atoms with Gasteiger partial charge in [0.25, 0.3) is 0 Å². The first kappa shape index (κ1) is 12.3. The van der Waals surface area contributed by atoms with Crippen LogP contribution in [0, 0.1) is 0 Å². The van der Waals surface area contributed by atoms with Crippen molar-refractivity contribution in [2.24, 2.45) is 5.73 Å². The number of rotatable bonds is 3. The molecule has 0 spiro atoms. The Morgan fingerprint density at radius 3 is 2.53 bits per heavy atom. The highest BCUT2D eigenvalue weighted by atomic mass is 35.5. The van der Waals surface area contributed by atoms with Gasteiger partial charge in [0.15, 0.2) is 0 Å². The lowest BCUT2D eigenvalue weighted by atomic mass is 9.90. The van der Waals surface area contributed by atoms with Crippen molar-refractivity contribution >= 4 is 29.2 Å². The van der Waals surface area contributed by atoms with Crippen LogP contribution in [0.1, 0.15) is 18.9 Å². The Morgan fingerprint density at radius 1 is 1.47 bits per heavy atom. The number of carboxylic acids is 1. The van der Waals surface area contributed by atoms with Crippen molar-refractivity contribution in [2.45, 2.75) is 18.9 Å². The third-order valence-electron chi connectivity index (χ3n) is 2.10. The van der Waals surface area contributed by atoms with Gasteiger partial charge in [0, 0.05) is 5.54 Å².